The van der Waals surface area contributed by atoms with Crippen LogP contribution in [0.2, 0.25) is 0 Å². The number of piperidine rings is 1. The minimum absolute atomic E-state index is 0.349. The summed E-state index contributed by atoms with van der Waals surface area (Å²) < 4.78 is 37.4. The first-order chi connectivity index (χ1) is 9.36. The van der Waals surface area contributed by atoms with Crippen molar-refractivity contribution in [2.45, 2.75) is 44.9 Å². The first-order valence-corrected chi connectivity index (χ1v) is 7.04. The highest BCUT2D eigenvalue weighted by Crippen LogP contribution is 2.30. The number of rotatable bonds is 3. The third-order valence-electron chi connectivity index (χ3n) is 3.84. The molecule has 0 amide bonds. The van der Waals surface area contributed by atoms with Gasteiger partial charge in [-0.05, 0) is 51.0 Å². The fourth-order valence-corrected chi connectivity index (χ4v) is 2.55. The van der Waals surface area contributed by atoms with Gasteiger partial charge in [0.1, 0.15) is 0 Å². The first kappa shape index (κ1) is 15.2. The van der Waals surface area contributed by atoms with E-state index in [0.717, 1.165) is 43.8 Å². The number of anilines is 1. The van der Waals surface area contributed by atoms with Gasteiger partial charge in [-0.2, -0.15) is 13.2 Å². The fourth-order valence-electron chi connectivity index (χ4n) is 2.55. The van der Waals surface area contributed by atoms with E-state index in [1.54, 1.807) is 0 Å². The van der Waals surface area contributed by atoms with E-state index >= 15 is 0 Å². The molecule has 1 aliphatic rings. The van der Waals surface area contributed by atoms with Crippen LogP contribution in [0.25, 0.3) is 0 Å². The van der Waals surface area contributed by atoms with Crippen LogP contribution in [0.5, 0.6) is 0 Å². The summed E-state index contributed by atoms with van der Waals surface area (Å²) >= 11 is 0. The predicted molar refractivity (Wildman–Crippen MR) is 74.8 cm³/mol. The summed E-state index contributed by atoms with van der Waals surface area (Å²) in [6.45, 7) is 6.44. The van der Waals surface area contributed by atoms with E-state index in [-0.39, 0.29) is 0 Å². The van der Waals surface area contributed by atoms with Gasteiger partial charge in [0.2, 0.25) is 0 Å². The van der Waals surface area contributed by atoms with E-state index in [1.165, 1.54) is 12.1 Å². The first-order valence-electron chi connectivity index (χ1n) is 7.04. The average Bonchev–Trinajstić information content (AvgIpc) is 2.39. The van der Waals surface area contributed by atoms with E-state index in [9.17, 15) is 13.2 Å². The largest absolute Gasteiger partial charge is 0.416 e. The van der Waals surface area contributed by atoms with Gasteiger partial charge in [-0.3, -0.25) is 0 Å². The molecule has 1 aliphatic heterocycles. The van der Waals surface area contributed by atoms with Gasteiger partial charge in [0, 0.05) is 30.9 Å². The Labute approximate surface area is 118 Å². The molecule has 5 heteroatoms. The standard InChI is InChI=1S/C15H21F3N2/c1-11(2)20-9-7-14(8-10-20)19-13-5-3-12(4-6-13)15(16,17)18/h3-6,11,14,19H,7-10H2,1-2H3. The third kappa shape index (κ3) is 3.88. The van der Waals surface area contributed by atoms with Gasteiger partial charge >= 0.3 is 6.18 Å². The Bertz CT molecular complexity index is 418. The molecule has 112 valence electrons. The molecule has 20 heavy (non-hydrogen) atoms. The highest BCUT2D eigenvalue weighted by Gasteiger charge is 2.30. The van der Waals surface area contributed by atoms with Crippen LogP contribution in [0.15, 0.2) is 24.3 Å². The molecule has 1 aromatic carbocycles. The second-order valence-electron chi connectivity index (χ2n) is 5.62. The SMILES string of the molecule is CC(C)N1CCC(Nc2ccc(C(F)(F)F)cc2)CC1. The van der Waals surface area contributed by atoms with E-state index in [4.69, 9.17) is 0 Å². The normalized spacial score (nSPS) is 18.5. The summed E-state index contributed by atoms with van der Waals surface area (Å²) in [6, 6.07) is 6.19. The van der Waals surface area contributed by atoms with Gasteiger partial charge in [-0.15, -0.1) is 0 Å². The Morgan fingerprint density at radius 3 is 2.10 bits per heavy atom. The Kier molecular flexibility index (Phi) is 4.58. The van der Waals surface area contributed by atoms with Crippen molar-refractivity contribution in [2.24, 2.45) is 0 Å². The number of nitrogens with one attached hydrogen (secondary N) is 1. The molecule has 2 rings (SSSR count). The van der Waals surface area contributed by atoms with Gasteiger partial charge < -0.3 is 10.2 Å². The Balaban J connectivity index is 1.89. The molecular weight excluding hydrogens is 265 g/mol. The Morgan fingerprint density at radius 1 is 1.10 bits per heavy atom. The van der Waals surface area contributed by atoms with E-state index < -0.39 is 11.7 Å². The van der Waals surface area contributed by atoms with Crippen LogP contribution in [0.1, 0.15) is 32.3 Å². The molecule has 0 atom stereocenters. The van der Waals surface area contributed by atoms with Crippen LogP contribution in [0.3, 0.4) is 0 Å². The zero-order chi connectivity index (χ0) is 14.8. The minimum atomic E-state index is -4.26. The average molecular weight is 286 g/mol. The second kappa shape index (κ2) is 6.04. The van der Waals surface area contributed by atoms with Crippen molar-refractivity contribution in [3.05, 3.63) is 29.8 Å². The van der Waals surface area contributed by atoms with Crippen molar-refractivity contribution in [1.82, 2.24) is 4.90 Å². The molecule has 0 unspecified atom stereocenters. The maximum absolute atomic E-state index is 12.5. The van der Waals surface area contributed by atoms with Crippen LogP contribution in [-0.2, 0) is 6.18 Å². The van der Waals surface area contributed by atoms with Crippen molar-refractivity contribution < 1.29 is 13.2 Å². The highest BCUT2D eigenvalue weighted by atomic mass is 19.4. The molecule has 0 aromatic heterocycles. The lowest BCUT2D eigenvalue weighted by molar-refractivity contribution is -0.137. The molecule has 1 heterocycles. The molecule has 0 bridgehead atoms. The second-order valence-corrected chi connectivity index (χ2v) is 5.62. The molecule has 1 fully saturated rings. The Hall–Kier alpha value is -1.23. The summed E-state index contributed by atoms with van der Waals surface area (Å²) in [4.78, 5) is 2.42. The summed E-state index contributed by atoms with van der Waals surface area (Å²) in [7, 11) is 0. The van der Waals surface area contributed by atoms with Crippen LogP contribution in [0.4, 0.5) is 18.9 Å². The minimum Gasteiger partial charge on any atom is -0.382 e. The lowest BCUT2D eigenvalue weighted by Gasteiger charge is -2.35. The predicted octanol–water partition coefficient (Wildman–Crippen LogP) is 3.99. The molecule has 1 N–H and O–H groups in total. The highest BCUT2D eigenvalue weighted by molar-refractivity contribution is 5.46. The van der Waals surface area contributed by atoms with Crippen molar-refractivity contribution in [1.29, 1.82) is 0 Å². The number of likely N-dealkylation sites (tertiary alicyclic amines) is 1. The molecule has 1 saturated heterocycles. The van der Waals surface area contributed by atoms with Crippen molar-refractivity contribution in [3.8, 4) is 0 Å². The van der Waals surface area contributed by atoms with Crippen LogP contribution < -0.4 is 5.32 Å². The molecule has 2 nitrogen and oxygen atoms in total. The van der Waals surface area contributed by atoms with Crippen molar-refractivity contribution in [2.75, 3.05) is 18.4 Å². The van der Waals surface area contributed by atoms with Gasteiger partial charge in [-0.1, -0.05) is 0 Å². The molecule has 1 aromatic rings. The number of halogens is 3. The van der Waals surface area contributed by atoms with E-state index in [2.05, 4.69) is 24.1 Å². The molecule has 0 saturated carbocycles. The molecule has 0 radical (unpaired) electrons. The van der Waals surface area contributed by atoms with Crippen molar-refractivity contribution in [3.63, 3.8) is 0 Å². The quantitative estimate of drug-likeness (QED) is 0.904. The summed E-state index contributed by atoms with van der Waals surface area (Å²) in [6.07, 6.45) is -2.21. The van der Waals surface area contributed by atoms with E-state index in [0.29, 0.717) is 12.1 Å². The number of nitrogens with zero attached hydrogens (tertiary/aromatic N) is 1. The zero-order valence-corrected chi connectivity index (χ0v) is 11.9. The van der Waals surface area contributed by atoms with E-state index in [1.807, 2.05) is 0 Å². The summed E-state index contributed by atoms with van der Waals surface area (Å²) in [5.74, 6) is 0. The number of benzene rings is 1. The smallest absolute Gasteiger partial charge is 0.382 e. The van der Waals surface area contributed by atoms with Gasteiger partial charge in [-0.25, -0.2) is 0 Å². The maximum atomic E-state index is 12.5. The van der Waals surface area contributed by atoms with Crippen LogP contribution >= 0.6 is 0 Å². The number of hydrogen-bond acceptors (Lipinski definition) is 2. The van der Waals surface area contributed by atoms with Gasteiger partial charge in [0.25, 0.3) is 0 Å². The summed E-state index contributed by atoms with van der Waals surface area (Å²) in [5, 5.41) is 3.32. The monoisotopic (exact) mass is 286 g/mol. The van der Waals surface area contributed by atoms with Crippen LogP contribution in [-0.4, -0.2) is 30.1 Å². The van der Waals surface area contributed by atoms with Crippen molar-refractivity contribution >= 4 is 5.69 Å². The fraction of sp³-hybridized carbons (Fsp3) is 0.600. The number of hydrogen-bond donors (Lipinski definition) is 1. The molecular formula is C15H21F3N2. The van der Waals surface area contributed by atoms with Gasteiger partial charge in [0.05, 0.1) is 5.56 Å². The molecule has 0 aliphatic carbocycles. The zero-order valence-electron chi connectivity index (χ0n) is 11.9. The summed E-state index contributed by atoms with van der Waals surface area (Å²) in [5.41, 5.74) is 0.165. The lowest BCUT2D eigenvalue weighted by atomic mass is 10.0. The van der Waals surface area contributed by atoms with Crippen LogP contribution in [0, 0.1) is 0 Å². The van der Waals surface area contributed by atoms with Gasteiger partial charge in [0.15, 0.2) is 0 Å². The Morgan fingerprint density at radius 2 is 1.65 bits per heavy atom. The third-order valence-corrected chi connectivity index (χ3v) is 3.84. The maximum Gasteiger partial charge on any atom is 0.416 e. The topological polar surface area (TPSA) is 15.3 Å². The lowest BCUT2D eigenvalue weighted by Crippen LogP contribution is -2.42. The number of alkyl halides is 3. The molecule has 0 spiro atoms.